The van der Waals surface area contributed by atoms with Crippen LogP contribution in [0.1, 0.15) is 17.2 Å². The molecule has 4 aromatic rings. The summed E-state index contributed by atoms with van der Waals surface area (Å²) in [6.07, 6.45) is 4.05. The molecule has 2 aromatic carbocycles. The van der Waals surface area contributed by atoms with Crippen molar-refractivity contribution in [2.24, 2.45) is 0 Å². The zero-order chi connectivity index (χ0) is 20.6. The molecule has 1 N–H and O–H groups in total. The number of nitrogens with zero attached hydrogens (tertiary/aromatic N) is 3. The summed E-state index contributed by atoms with van der Waals surface area (Å²) in [5.41, 5.74) is 2.97. The van der Waals surface area contributed by atoms with E-state index in [0.717, 1.165) is 16.7 Å². The number of hydrogen-bond donors (Lipinski definition) is 1. The normalized spacial score (nSPS) is 11.7. The third-order valence-electron chi connectivity index (χ3n) is 4.46. The Balaban J connectivity index is 1.39. The molecule has 0 saturated heterocycles. The Kier molecular flexibility index (Phi) is 6.51. The first kappa shape index (κ1) is 19.8. The third kappa shape index (κ3) is 5.33. The number of benzene rings is 2. The second-order valence-corrected chi connectivity index (χ2v) is 7.55. The van der Waals surface area contributed by atoms with Gasteiger partial charge in [0.05, 0.1) is 17.4 Å². The minimum atomic E-state index is -0.115. The van der Waals surface area contributed by atoms with Crippen molar-refractivity contribution in [1.29, 1.82) is 0 Å². The standard InChI is InChI=1S/C23H20N4O2S/c28-21(16-30-23-27-26-22(29-23)19-12-7-13-24-15-19)25-20(18-10-5-2-6-11-18)14-17-8-3-1-4-9-17/h1-13,15,20H,14,16H2,(H,25,28). The van der Waals surface area contributed by atoms with Crippen molar-refractivity contribution in [3.05, 3.63) is 96.3 Å². The van der Waals surface area contributed by atoms with Crippen LogP contribution in [0.5, 0.6) is 0 Å². The Bertz CT molecular complexity index is 1070. The molecule has 0 aliphatic heterocycles. The van der Waals surface area contributed by atoms with Gasteiger partial charge in [-0.2, -0.15) is 0 Å². The lowest BCUT2D eigenvalue weighted by Gasteiger charge is -2.19. The summed E-state index contributed by atoms with van der Waals surface area (Å²) in [4.78, 5) is 16.7. The molecule has 0 radical (unpaired) electrons. The van der Waals surface area contributed by atoms with E-state index >= 15 is 0 Å². The van der Waals surface area contributed by atoms with Crippen molar-refractivity contribution in [3.63, 3.8) is 0 Å². The van der Waals surface area contributed by atoms with Gasteiger partial charge in [0, 0.05) is 12.4 Å². The van der Waals surface area contributed by atoms with E-state index in [1.165, 1.54) is 11.8 Å². The van der Waals surface area contributed by atoms with Crippen LogP contribution in [0.15, 0.2) is 94.8 Å². The summed E-state index contributed by atoms with van der Waals surface area (Å²) in [5.74, 6) is 0.482. The predicted octanol–water partition coefficient (Wildman–Crippen LogP) is 4.32. The van der Waals surface area contributed by atoms with Crippen LogP contribution in [0.4, 0.5) is 0 Å². The van der Waals surface area contributed by atoms with Crippen LogP contribution in [-0.4, -0.2) is 26.8 Å². The van der Waals surface area contributed by atoms with Gasteiger partial charge in [-0.1, -0.05) is 72.4 Å². The summed E-state index contributed by atoms with van der Waals surface area (Å²) < 4.78 is 5.63. The molecule has 2 aromatic heterocycles. The van der Waals surface area contributed by atoms with Gasteiger partial charge in [0.25, 0.3) is 5.22 Å². The van der Waals surface area contributed by atoms with Crippen LogP contribution in [0.25, 0.3) is 11.5 Å². The minimum Gasteiger partial charge on any atom is -0.411 e. The fourth-order valence-corrected chi connectivity index (χ4v) is 3.60. The second-order valence-electron chi connectivity index (χ2n) is 6.62. The van der Waals surface area contributed by atoms with E-state index in [1.54, 1.807) is 18.5 Å². The van der Waals surface area contributed by atoms with Crippen LogP contribution in [-0.2, 0) is 11.2 Å². The highest BCUT2D eigenvalue weighted by atomic mass is 32.2. The molecule has 6 nitrogen and oxygen atoms in total. The fourth-order valence-electron chi connectivity index (χ4n) is 3.02. The Morgan fingerprint density at radius 3 is 2.47 bits per heavy atom. The highest BCUT2D eigenvalue weighted by molar-refractivity contribution is 7.99. The predicted molar refractivity (Wildman–Crippen MR) is 116 cm³/mol. The number of hydrogen-bond acceptors (Lipinski definition) is 6. The van der Waals surface area contributed by atoms with Gasteiger partial charge >= 0.3 is 0 Å². The first-order valence-corrected chi connectivity index (χ1v) is 10.5. The zero-order valence-electron chi connectivity index (χ0n) is 16.1. The Hall–Kier alpha value is -3.45. The SMILES string of the molecule is O=C(CSc1nnc(-c2cccnc2)o1)NC(Cc1ccccc1)c1ccccc1. The van der Waals surface area contributed by atoms with Crippen LogP contribution in [0.2, 0.25) is 0 Å². The van der Waals surface area contributed by atoms with E-state index in [0.29, 0.717) is 17.5 Å². The summed E-state index contributed by atoms with van der Waals surface area (Å²) in [6.45, 7) is 0. The minimum absolute atomic E-state index is 0.0917. The molecule has 0 spiro atoms. The van der Waals surface area contributed by atoms with E-state index < -0.39 is 0 Å². The molecule has 0 aliphatic rings. The monoisotopic (exact) mass is 416 g/mol. The van der Waals surface area contributed by atoms with Gasteiger partial charge in [-0.15, -0.1) is 10.2 Å². The molecule has 0 fully saturated rings. The van der Waals surface area contributed by atoms with Crippen molar-refractivity contribution in [2.45, 2.75) is 17.7 Å². The summed E-state index contributed by atoms with van der Waals surface area (Å²) in [7, 11) is 0. The number of thioether (sulfide) groups is 1. The van der Waals surface area contributed by atoms with Gasteiger partial charge in [0.1, 0.15) is 0 Å². The number of rotatable bonds is 8. The summed E-state index contributed by atoms with van der Waals surface area (Å²) >= 11 is 1.21. The average molecular weight is 417 g/mol. The lowest BCUT2D eigenvalue weighted by atomic mass is 9.99. The fraction of sp³-hybridized carbons (Fsp3) is 0.130. The van der Waals surface area contributed by atoms with Crippen molar-refractivity contribution in [1.82, 2.24) is 20.5 Å². The molecule has 7 heteroatoms. The molecular weight excluding hydrogens is 396 g/mol. The maximum absolute atomic E-state index is 12.6. The van der Waals surface area contributed by atoms with Gasteiger partial charge in [0.2, 0.25) is 11.8 Å². The van der Waals surface area contributed by atoms with E-state index in [-0.39, 0.29) is 17.7 Å². The molecule has 0 saturated carbocycles. The van der Waals surface area contributed by atoms with Gasteiger partial charge < -0.3 is 9.73 Å². The number of carbonyl (C=O) groups is 1. The molecule has 30 heavy (non-hydrogen) atoms. The van der Waals surface area contributed by atoms with Crippen LogP contribution >= 0.6 is 11.8 Å². The highest BCUT2D eigenvalue weighted by Gasteiger charge is 2.17. The first-order chi connectivity index (χ1) is 14.8. The molecule has 1 atom stereocenters. The number of aromatic nitrogens is 3. The molecule has 4 rings (SSSR count). The molecule has 1 unspecified atom stereocenters. The van der Waals surface area contributed by atoms with Gasteiger partial charge in [0.15, 0.2) is 0 Å². The highest BCUT2D eigenvalue weighted by Crippen LogP contribution is 2.23. The van der Waals surface area contributed by atoms with Crippen molar-refractivity contribution >= 4 is 17.7 Å². The van der Waals surface area contributed by atoms with E-state index in [4.69, 9.17) is 4.42 Å². The molecule has 0 aliphatic carbocycles. The molecule has 2 heterocycles. The number of amides is 1. The van der Waals surface area contributed by atoms with Crippen molar-refractivity contribution < 1.29 is 9.21 Å². The zero-order valence-corrected chi connectivity index (χ0v) is 17.0. The summed E-state index contributed by atoms with van der Waals surface area (Å²) in [5, 5.41) is 11.5. The van der Waals surface area contributed by atoms with E-state index in [2.05, 4.69) is 32.6 Å². The van der Waals surface area contributed by atoms with Crippen molar-refractivity contribution in [2.75, 3.05) is 5.75 Å². The molecular formula is C23H20N4O2S. The van der Waals surface area contributed by atoms with Gasteiger partial charge in [-0.05, 0) is 29.7 Å². The van der Waals surface area contributed by atoms with Gasteiger partial charge in [-0.3, -0.25) is 9.78 Å². The van der Waals surface area contributed by atoms with Crippen LogP contribution in [0.3, 0.4) is 0 Å². The van der Waals surface area contributed by atoms with E-state index in [1.807, 2.05) is 54.6 Å². The average Bonchev–Trinajstić information content (AvgIpc) is 3.28. The topological polar surface area (TPSA) is 80.9 Å². The smallest absolute Gasteiger partial charge is 0.277 e. The number of carbonyl (C=O) groups excluding carboxylic acids is 1. The van der Waals surface area contributed by atoms with Crippen LogP contribution in [0, 0.1) is 0 Å². The second kappa shape index (κ2) is 9.84. The Morgan fingerprint density at radius 2 is 1.73 bits per heavy atom. The van der Waals surface area contributed by atoms with Crippen LogP contribution < -0.4 is 5.32 Å². The lowest BCUT2D eigenvalue weighted by molar-refractivity contribution is -0.119. The first-order valence-electron chi connectivity index (χ1n) is 9.53. The maximum Gasteiger partial charge on any atom is 0.277 e. The molecule has 1 amide bonds. The Morgan fingerprint density at radius 1 is 0.967 bits per heavy atom. The number of nitrogens with one attached hydrogen (secondary N) is 1. The maximum atomic E-state index is 12.6. The Labute approximate surface area is 178 Å². The van der Waals surface area contributed by atoms with Crippen molar-refractivity contribution in [3.8, 4) is 11.5 Å². The largest absolute Gasteiger partial charge is 0.411 e. The number of pyridine rings is 1. The van der Waals surface area contributed by atoms with E-state index in [9.17, 15) is 4.79 Å². The van der Waals surface area contributed by atoms with Gasteiger partial charge in [-0.25, -0.2) is 0 Å². The molecule has 150 valence electrons. The third-order valence-corrected chi connectivity index (χ3v) is 5.28. The summed E-state index contributed by atoms with van der Waals surface area (Å²) in [6, 6.07) is 23.6. The quantitative estimate of drug-likeness (QED) is 0.431. The molecule has 0 bridgehead atoms. The lowest BCUT2D eigenvalue weighted by Crippen LogP contribution is -2.31.